The topological polar surface area (TPSA) is 76.0 Å². The second kappa shape index (κ2) is 7.07. The third-order valence-electron chi connectivity index (χ3n) is 4.06. The van der Waals surface area contributed by atoms with E-state index in [1.54, 1.807) is 62.4 Å². The zero-order valence-electron chi connectivity index (χ0n) is 13.8. The van der Waals surface area contributed by atoms with Crippen molar-refractivity contribution >= 4 is 17.6 Å². The van der Waals surface area contributed by atoms with E-state index in [0.29, 0.717) is 10.6 Å². The molecule has 2 rings (SSSR count). The number of hydrogen-bond donors (Lipinski definition) is 2. The van der Waals surface area contributed by atoms with E-state index in [-0.39, 0.29) is 0 Å². The molecule has 0 aliphatic heterocycles. The SMILES string of the molecule is COC(C)(C)OC1(c2ccc(Cl)cc2)C=CC=CC1C(O)C(=O)O. The largest absolute Gasteiger partial charge is 0.479 e. The van der Waals surface area contributed by atoms with E-state index in [2.05, 4.69) is 0 Å². The van der Waals surface area contributed by atoms with Gasteiger partial charge in [-0.3, -0.25) is 0 Å². The average molecular weight is 353 g/mol. The lowest BCUT2D eigenvalue weighted by molar-refractivity contribution is -0.266. The molecule has 6 heteroatoms. The first-order valence-corrected chi connectivity index (χ1v) is 7.88. The van der Waals surface area contributed by atoms with E-state index < -0.39 is 29.4 Å². The van der Waals surface area contributed by atoms with Crippen LogP contribution in [0.2, 0.25) is 5.02 Å². The first-order chi connectivity index (χ1) is 11.2. The molecule has 1 aliphatic rings. The second-order valence-electron chi connectivity index (χ2n) is 6.06. The fourth-order valence-corrected chi connectivity index (χ4v) is 2.86. The zero-order chi connectivity index (χ0) is 18.0. The van der Waals surface area contributed by atoms with Crippen LogP contribution in [0.1, 0.15) is 19.4 Å². The molecule has 0 saturated carbocycles. The molecule has 24 heavy (non-hydrogen) atoms. The lowest BCUT2D eigenvalue weighted by Gasteiger charge is -2.44. The van der Waals surface area contributed by atoms with Gasteiger partial charge in [0.25, 0.3) is 0 Å². The van der Waals surface area contributed by atoms with Gasteiger partial charge in [-0.1, -0.05) is 42.0 Å². The fraction of sp³-hybridized carbons (Fsp3) is 0.389. The summed E-state index contributed by atoms with van der Waals surface area (Å²) in [6.07, 6.45) is 5.15. The molecule has 0 radical (unpaired) electrons. The number of aliphatic hydroxyl groups is 1. The molecule has 2 N–H and O–H groups in total. The Morgan fingerprint density at radius 1 is 1.29 bits per heavy atom. The number of aliphatic carboxylic acids is 1. The lowest BCUT2D eigenvalue weighted by Crippen LogP contribution is -2.50. The molecule has 0 heterocycles. The summed E-state index contributed by atoms with van der Waals surface area (Å²) in [5.74, 6) is -3.17. The minimum absolute atomic E-state index is 0.547. The molecular weight excluding hydrogens is 332 g/mol. The maximum atomic E-state index is 11.4. The normalized spacial score (nSPS) is 24.8. The summed E-state index contributed by atoms with van der Waals surface area (Å²) in [7, 11) is 1.50. The number of carboxylic acid groups (broad SMARTS) is 1. The van der Waals surface area contributed by atoms with E-state index in [1.165, 1.54) is 7.11 Å². The molecule has 0 fully saturated rings. The van der Waals surface area contributed by atoms with Crippen LogP contribution in [0.4, 0.5) is 0 Å². The number of ether oxygens (including phenoxy) is 2. The van der Waals surface area contributed by atoms with Crippen LogP contribution in [0.15, 0.2) is 48.6 Å². The van der Waals surface area contributed by atoms with Gasteiger partial charge in [-0.2, -0.15) is 0 Å². The van der Waals surface area contributed by atoms with E-state index in [9.17, 15) is 15.0 Å². The molecule has 0 bridgehead atoms. The summed E-state index contributed by atoms with van der Waals surface area (Å²) in [6, 6.07) is 6.88. The summed E-state index contributed by atoms with van der Waals surface area (Å²) in [5.41, 5.74) is -0.542. The van der Waals surface area contributed by atoms with Crippen molar-refractivity contribution in [1.82, 2.24) is 0 Å². The predicted molar refractivity (Wildman–Crippen MR) is 90.7 cm³/mol. The number of rotatable bonds is 6. The van der Waals surface area contributed by atoms with Crippen LogP contribution in [-0.4, -0.2) is 35.2 Å². The van der Waals surface area contributed by atoms with Crippen molar-refractivity contribution in [2.24, 2.45) is 5.92 Å². The average Bonchev–Trinajstić information content (AvgIpc) is 2.54. The number of halogens is 1. The van der Waals surface area contributed by atoms with Gasteiger partial charge in [0, 0.05) is 12.1 Å². The van der Waals surface area contributed by atoms with E-state index >= 15 is 0 Å². The van der Waals surface area contributed by atoms with Gasteiger partial charge in [-0.25, -0.2) is 4.79 Å². The van der Waals surface area contributed by atoms with Crippen molar-refractivity contribution in [2.75, 3.05) is 7.11 Å². The summed E-state index contributed by atoms with van der Waals surface area (Å²) < 4.78 is 11.6. The van der Waals surface area contributed by atoms with Crippen molar-refractivity contribution in [3.8, 4) is 0 Å². The number of carboxylic acids is 1. The van der Waals surface area contributed by atoms with E-state index in [4.69, 9.17) is 21.1 Å². The van der Waals surface area contributed by atoms with Crippen LogP contribution in [0.25, 0.3) is 0 Å². The van der Waals surface area contributed by atoms with Crippen molar-refractivity contribution < 1.29 is 24.5 Å². The minimum atomic E-state index is -1.64. The summed E-state index contributed by atoms with van der Waals surface area (Å²) in [5, 5.41) is 20.1. The van der Waals surface area contributed by atoms with Crippen LogP contribution in [0.5, 0.6) is 0 Å². The van der Waals surface area contributed by atoms with Crippen molar-refractivity contribution in [3.63, 3.8) is 0 Å². The Morgan fingerprint density at radius 3 is 2.46 bits per heavy atom. The Morgan fingerprint density at radius 2 is 1.92 bits per heavy atom. The molecule has 1 aromatic carbocycles. The highest BCUT2D eigenvalue weighted by Gasteiger charge is 2.48. The van der Waals surface area contributed by atoms with Gasteiger partial charge < -0.3 is 19.7 Å². The maximum Gasteiger partial charge on any atom is 0.333 e. The minimum Gasteiger partial charge on any atom is -0.479 e. The van der Waals surface area contributed by atoms with E-state index in [0.717, 1.165) is 0 Å². The number of carbonyl (C=O) groups is 1. The van der Waals surface area contributed by atoms with Gasteiger partial charge in [-0.05, 0) is 37.6 Å². The van der Waals surface area contributed by atoms with Crippen molar-refractivity contribution in [2.45, 2.75) is 31.3 Å². The number of allylic oxidation sites excluding steroid dienone is 2. The molecule has 3 atom stereocenters. The molecular formula is C18H21ClO5. The maximum absolute atomic E-state index is 11.4. The van der Waals surface area contributed by atoms with Gasteiger partial charge in [0.2, 0.25) is 0 Å². The fourth-order valence-electron chi connectivity index (χ4n) is 2.74. The molecule has 0 saturated heterocycles. The third-order valence-corrected chi connectivity index (χ3v) is 4.32. The number of benzene rings is 1. The smallest absolute Gasteiger partial charge is 0.333 e. The van der Waals surface area contributed by atoms with Gasteiger partial charge in [0.05, 0.1) is 5.92 Å². The predicted octanol–water partition coefficient (Wildman–Crippen LogP) is 3.12. The van der Waals surface area contributed by atoms with Crippen LogP contribution < -0.4 is 0 Å². The summed E-state index contributed by atoms with van der Waals surface area (Å²) >= 11 is 5.96. The molecule has 0 amide bonds. The van der Waals surface area contributed by atoms with E-state index in [1.807, 2.05) is 0 Å². The molecule has 5 nitrogen and oxygen atoms in total. The molecule has 0 aromatic heterocycles. The zero-order valence-corrected chi connectivity index (χ0v) is 14.5. The Hall–Kier alpha value is -1.66. The molecule has 130 valence electrons. The van der Waals surface area contributed by atoms with Crippen LogP contribution in [0, 0.1) is 5.92 Å². The highest BCUT2D eigenvalue weighted by molar-refractivity contribution is 6.30. The van der Waals surface area contributed by atoms with Crippen LogP contribution in [0.3, 0.4) is 0 Å². The number of methoxy groups -OCH3 is 1. The third kappa shape index (κ3) is 3.70. The van der Waals surface area contributed by atoms with Crippen LogP contribution in [-0.2, 0) is 19.9 Å². The number of hydrogen-bond acceptors (Lipinski definition) is 4. The summed E-state index contributed by atoms with van der Waals surface area (Å²) in [4.78, 5) is 11.4. The number of aliphatic hydroxyl groups excluding tert-OH is 1. The first-order valence-electron chi connectivity index (χ1n) is 7.50. The van der Waals surface area contributed by atoms with Gasteiger partial charge in [-0.15, -0.1) is 0 Å². The van der Waals surface area contributed by atoms with Crippen molar-refractivity contribution in [3.05, 3.63) is 59.2 Å². The van der Waals surface area contributed by atoms with Crippen LogP contribution >= 0.6 is 11.6 Å². The Labute approximate surface area is 146 Å². The second-order valence-corrected chi connectivity index (χ2v) is 6.50. The van der Waals surface area contributed by atoms with Crippen molar-refractivity contribution in [1.29, 1.82) is 0 Å². The lowest BCUT2D eigenvalue weighted by atomic mass is 9.75. The Balaban J connectivity index is 2.60. The molecule has 1 aliphatic carbocycles. The molecule has 1 aromatic rings. The van der Waals surface area contributed by atoms with Gasteiger partial charge in [0.1, 0.15) is 5.60 Å². The molecule has 0 spiro atoms. The Bertz CT molecular complexity index is 650. The highest BCUT2D eigenvalue weighted by Crippen LogP contribution is 2.43. The molecule has 3 unspecified atom stereocenters. The Kier molecular flexibility index (Phi) is 5.50. The quantitative estimate of drug-likeness (QED) is 0.769. The monoisotopic (exact) mass is 352 g/mol. The first kappa shape index (κ1) is 18.7. The van der Waals surface area contributed by atoms with Gasteiger partial charge >= 0.3 is 5.97 Å². The summed E-state index contributed by atoms with van der Waals surface area (Å²) in [6.45, 7) is 3.45. The van der Waals surface area contributed by atoms with Gasteiger partial charge in [0.15, 0.2) is 11.9 Å². The standard InChI is InChI=1S/C18H21ClO5/c1-17(2,23-3)24-18(12-7-9-13(19)10-8-12)11-5-4-6-14(18)15(20)16(21)22/h4-11,14-15,20H,1-3H3,(H,21,22). The highest BCUT2D eigenvalue weighted by atomic mass is 35.5.